The number of carbonyl (C=O) groups excluding carboxylic acids is 1. The summed E-state index contributed by atoms with van der Waals surface area (Å²) in [5.74, 6) is -0.282. The summed E-state index contributed by atoms with van der Waals surface area (Å²) >= 11 is 0. The number of hydrogen-bond donors (Lipinski definition) is 0. The van der Waals surface area contributed by atoms with Gasteiger partial charge in [0.2, 0.25) is 0 Å². The summed E-state index contributed by atoms with van der Waals surface area (Å²) in [5, 5.41) is -0.00380. The number of carbonyl (C=O) groups is 1. The van der Waals surface area contributed by atoms with Crippen LogP contribution in [0.4, 0.5) is 0 Å². The predicted molar refractivity (Wildman–Crippen MR) is 76.6 cm³/mol. The van der Waals surface area contributed by atoms with E-state index in [1.54, 1.807) is 0 Å². The van der Waals surface area contributed by atoms with E-state index in [2.05, 4.69) is 62.0 Å². The third-order valence-corrected chi connectivity index (χ3v) is 10.1. The third kappa shape index (κ3) is 3.00. The van der Waals surface area contributed by atoms with Crippen LogP contribution in [0.25, 0.3) is 0 Å². The van der Waals surface area contributed by atoms with E-state index in [9.17, 15) is 4.79 Å². The van der Waals surface area contributed by atoms with Gasteiger partial charge in [0.05, 0.1) is 0 Å². The van der Waals surface area contributed by atoms with Crippen LogP contribution in [0.1, 0.15) is 55.4 Å². The van der Waals surface area contributed by atoms with E-state index in [1.165, 1.54) is 6.08 Å². The molecule has 0 rings (SSSR count). The standard InChI is InChI=1S/C14H28O2Si/c1-10-12(15)16-17(11(2)3,13(4,5)6)14(7,8)9/h10-11H,1H2,2-9H3. The van der Waals surface area contributed by atoms with E-state index in [0.717, 1.165) is 0 Å². The summed E-state index contributed by atoms with van der Waals surface area (Å²) in [4.78, 5) is 11.7. The van der Waals surface area contributed by atoms with Gasteiger partial charge < -0.3 is 4.43 Å². The van der Waals surface area contributed by atoms with E-state index in [0.29, 0.717) is 5.54 Å². The molecule has 0 aromatic carbocycles. The zero-order chi connectivity index (χ0) is 14.1. The molecule has 0 unspecified atom stereocenters. The van der Waals surface area contributed by atoms with Crippen LogP contribution in [0.2, 0.25) is 15.6 Å². The SMILES string of the molecule is C=CC(=O)O[Si](C(C)C)(C(C)(C)C)C(C)(C)C. The fourth-order valence-corrected chi connectivity index (χ4v) is 10.4. The number of hydrogen-bond acceptors (Lipinski definition) is 2. The lowest BCUT2D eigenvalue weighted by Gasteiger charge is -2.52. The Morgan fingerprint density at radius 1 is 1.12 bits per heavy atom. The van der Waals surface area contributed by atoms with Gasteiger partial charge in [-0.05, 0) is 15.6 Å². The highest BCUT2D eigenvalue weighted by Gasteiger charge is 2.59. The van der Waals surface area contributed by atoms with Crippen LogP contribution in [0.3, 0.4) is 0 Å². The second-order valence-corrected chi connectivity index (χ2v) is 12.8. The maximum atomic E-state index is 11.7. The quantitative estimate of drug-likeness (QED) is 0.542. The largest absolute Gasteiger partial charge is 0.515 e. The summed E-state index contributed by atoms with van der Waals surface area (Å²) < 4.78 is 5.96. The molecule has 0 heterocycles. The Bertz CT molecular complexity index is 278. The summed E-state index contributed by atoms with van der Waals surface area (Å²) in [6.07, 6.45) is 1.28. The van der Waals surface area contributed by atoms with Crippen LogP contribution in [-0.4, -0.2) is 14.3 Å². The molecule has 2 nitrogen and oxygen atoms in total. The fraction of sp³-hybridized carbons (Fsp3) is 0.786. The maximum absolute atomic E-state index is 11.7. The molecule has 0 N–H and O–H groups in total. The van der Waals surface area contributed by atoms with Gasteiger partial charge in [-0.25, -0.2) is 4.79 Å². The van der Waals surface area contributed by atoms with E-state index >= 15 is 0 Å². The molecule has 100 valence electrons. The Kier molecular flexibility index (Phi) is 4.80. The molecule has 0 fully saturated rings. The molecular weight excluding hydrogens is 228 g/mol. The minimum atomic E-state index is -2.28. The highest BCUT2D eigenvalue weighted by Crippen LogP contribution is 2.57. The van der Waals surface area contributed by atoms with E-state index in [-0.39, 0.29) is 16.0 Å². The lowest BCUT2D eigenvalue weighted by Crippen LogP contribution is -2.57. The van der Waals surface area contributed by atoms with Gasteiger partial charge >= 0.3 is 5.97 Å². The van der Waals surface area contributed by atoms with Crippen LogP contribution in [0, 0.1) is 0 Å². The number of rotatable bonds is 3. The minimum absolute atomic E-state index is 0.00190. The summed E-state index contributed by atoms with van der Waals surface area (Å²) in [7, 11) is -2.28. The van der Waals surface area contributed by atoms with Crippen molar-refractivity contribution in [1.29, 1.82) is 0 Å². The van der Waals surface area contributed by atoms with Gasteiger partial charge in [0, 0.05) is 6.08 Å². The van der Waals surface area contributed by atoms with Crippen LogP contribution >= 0.6 is 0 Å². The normalized spacial score (nSPS) is 13.7. The Morgan fingerprint density at radius 3 is 1.65 bits per heavy atom. The van der Waals surface area contributed by atoms with Crippen LogP contribution in [0.5, 0.6) is 0 Å². The Hall–Kier alpha value is -0.573. The molecule has 0 radical (unpaired) electrons. The topological polar surface area (TPSA) is 26.3 Å². The first-order valence-corrected chi connectivity index (χ1v) is 8.24. The first-order valence-electron chi connectivity index (χ1n) is 6.25. The van der Waals surface area contributed by atoms with E-state index in [1.807, 2.05) is 0 Å². The van der Waals surface area contributed by atoms with E-state index in [4.69, 9.17) is 4.43 Å². The van der Waals surface area contributed by atoms with Crippen molar-refractivity contribution in [2.75, 3.05) is 0 Å². The van der Waals surface area contributed by atoms with Crippen molar-refractivity contribution < 1.29 is 9.22 Å². The average Bonchev–Trinajstić information content (AvgIpc) is 2.08. The van der Waals surface area contributed by atoms with Crippen molar-refractivity contribution in [1.82, 2.24) is 0 Å². The molecule has 17 heavy (non-hydrogen) atoms. The molecule has 0 aliphatic rings. The van der Waals surface area contributed by atoms with Crippen molar-refractivity contribution in [3.8, 4) is 0 Å². The van der Waals surface area contributed by atoms with Crippen molar-refractivity contribution >= 4 is 14.3 Å². The van der Waals surface area contributed by atoms with Gasteiger partial charge in [-0.2, -0.15) is 0 Å². The van der Waals surface area contributed by atoms with E-state index < -0.39 is 8.32 Å². The van der Waals surface area contributed by atoms with Gasteiger partial charge in [0.15, 0.2) is 0 Å². The summed E-state index contributed by atoms with van der Waals surface area (Å²) in [6.45, 7) is 20.9. The molecule has 0 saturated carbocycles. The van der Waals surface area contributed by atoms with Crippen molar-refractivity contribution in [3.05, 3.63) is 12.7 Å². The Labute approximate surface area is 108 Å². The molecule has 0 aliphatic heterocycles. The molecule has 0 aromatic rings. The van der Waals surface area contributed by atoms with Crippen molar-refractivity contribution in [2.24, 2.45) is 0 Å². The molecule has 0 bridgehead atoms. The zero-order valence-electron chi connectivity index (χ0n) is 12.7. The molecule has 0 saturated heterocycles. The van der Waals surface area contributed by atoms with Crippen molar-refractivity contribution in [2.45, 2.75) is 71.0 Å². The smallest absolute Gasteiger partial charge is 0.316 e. The van der Waals surface area contributed by atoms with Gasteiger partial charge in [-0.1, -0.05) is 62.0 Å². The molecule has 0 aromatic heterocycles. The first kappa shape index (κ1) is 16.4. The van der Waals surface area contributed by atoms with Gasteiger partial charge in [-0.3, -0.25) is 0 Å². The second kappa shape index (κ2) is 4.97. The van der Waals surface area contributed by atoms with Crippen LogP contribution in [-0.2, 0) is 9.22 Å². The summed E-state index contributed by atoms with van der Waals surface area (Å²) in [5.41, 5.74) is 0.367. The maximum Gasteiger partial charge on any atom is 0.316 e. The average molecular weight is 256 g/mol. The third-order valence-electron chi connectivity index (χ3n) is 3.47. The molecule has 0 aliphatic carbocycles. The minimum Gasteiger partial charge on any atom is -0.515 e. The molecule has 0 atom stereocenters. The Morgan fingerprint density at radius 2 is 1.47 bits per heavy atom. The van der Waals surface area contributed by atoms with Crippen molar-refractivity contribution in [3.63, 3.8) is 0 Å². The van der Waals surface area contributed by atoms with Crippen LogP contribution < -0.4 is 0 Å². The van der Waals surface area contributed by atoms with Gasteiger partial charge in [-0.15, -0.1) is 0 Å². The predicted octanol–water partition coefficient (Wildman–Crippen LogP) is 4.67. The van der Waals surface area contributed by atoms with Crippen LogP contribution in [0.15, 0.2) is 12.7 Å². The monoisotopic (exact) mass is 256 g/mol. The summed E-state index contributed by atoms with van der Waals surface area (Å²) in [6, 6.07) is 0. The highest BCUT2D eigenvalue weighted by molar-refractivity contribution is 6.81. The zero-order valence-corrected chi connectivity index (χ0v) is 13.7. The van der Waals surface area contributed by atoms with Gasteiger partial charge in [0.25, 0.3) is 8.32 Å². The fourth-order valence-electron chi connectivity index (χ4n) is 3.48. The second-order valence-electron chi connectivity index (χ2n) is 7.02. The lowest BCUT2D eigenvalue weighted by molar-refractivity contribution is -0.130. The highest BCUT2D eigenvalue weighted by atomic mass is 28.4. The molecule has 3 heteroatoms. The lowest BCUT2D eigenvalue weighted by atomic mass is 10.2. The molecule has 0 spiro atoms. The molecular formula is C14H28O2Si. The van der Waals surface area contributed by atoms with Gasteiger partial charge in [0.1, 0.15) is 0 Å². The first-order chi connectivity index (χ1) is 7.40. The molecule has 0 amide bonds. The Balaban J connectivity index is 5.77.